The van der Waals surface area contributed by atoms with Crippen molar-refractivity contribution >= 4 is 27.1 Å². The number of anilines is 3. The fraction of sp³-hybridized carbons (Fsp3) is 0.200. The fourth-order valence-corrected chi connectivity index (χ4v) is 3.24. The van der Waals surface area contributed by atoms with Crippen molar-refractivity contribution in [1.29, 1.82) is 0 Å². The molecule has 2 aromatic carbocycles. The third-order valence-electron chi connectivity index (χ3n) is 3.26. The lowest BCUT2D eigenvalue weighted by Crippen LogP contribution is -2.25. The Bertz CT molecular complexity index is 721. The molecule has 0 amide bonds. The average Bonchev–Trinajstić information content (AvgIpc) is 3.25. The van der Waals surface area contributed by atoms with Crippen LogP contribution in [0.4, 0.5) is 17.1 Å². The monoisotopic (exact) mass is 303 g/mol. The maximum absolute atomic E-state index is 12.0. The van der Waals surface area contributed by atoms with Crippen LogP contribution in [0.25, 0.3) is 0 Å². The van der Waals surface area contributed by atoms with Gasteiger partial charge >= 0.3 is 0 Å². The van der Waals surface area contributed by atoms with E-state index in [0.717, 1.165) is 24.2 Å². The molecular weight excluding hydrogens is 286 g/mol. The second kappa shape index (κ2) is 5.38. The molecule has 1 aliphatic rings. The Hall–Kier alpha value is -2.05. The summed E-state index contributed by atoms with van der Waals surface area (Å²) in [5.74, 6) is 0. The van der Waals surface area contributed by atoms with Crippen molar-refractivity contribution in [3.8, 4) is 0 Å². The summed E-state index contributed by atoms with van der Waals surface area (Å²) >= 11 is 0. The molecule has 0 spiro atoms. The first-order valence-corrected chi connectivity index (χ1v) is 8.26. The molecule has 0 radical (unpaired) electrons. The van der Waals surface area contributed by atoms with Gasteiger partial charge in [-0.3, -0.25) is 0 Å². The number of benzene rings is 2. The largest absolute Gasteiger partial charge is 0.399 e. The molecule has 6 heteroatoms. The highest BCUT2D eigenvalue weighted by molar-refractivity contribution is 7.89. The van der Waals surface area contributed by atoms with Crippen LogP contribution in [0.2, 0.25) is 0 Å². The molecule has 21 heavy (non-hydrogen) atoms. The minimum Gasteiger partial charge on any atom is -0.399 e. The zero-order valence-corrected chi connectivity index (χ0v) is 12.2. The van der Waals surface area contributed by atoms with Crippen LogP contribution in [0.15, 0.2) is 53.4 Å². The van der Waals surface area contributed by atoms with Crippen LogP contribution in [-0.2, 0) is 10.0 Å². The highest BCUT2D eigenvalue weighted by Crippen LogP contribution is 2.23. The van der Waals surface area contributed by atoms with Crippen molar-refractivity contribution in [3.63, 3.8) is 0 Å². The Labute approximate surface area is 124 Å². The second-order valence-corrected chi connectivity index (χ2v) is 6.88. The Balaban J connectivity index is 1.72. The molecule has 110 valence electrons. The van der Waals surface area contributed by atoms with E-state index < -0.39 is 10.0 Å². The van der Waals surface area contributed by atoms with Gasteiger partial charge in [-0.1, -0.05) is 0 Å². The third kappa shape index (κ3) is 3.53. The molecule has 0 heterocycles. The molecule has 3 rings (SSSR count). The van der Waals surface area contributed by atoms with Gasteiger partial charge in [-0.15, -0.1) is 0 Å². The summed E-state index contributed by atoms with van der Waals surface area (Å²) in [7, 11) is -3.39. The lowest BCUT2D eigenvalue weighted by molar-refractivity contribution is 0.581. The Kier molecular flexibility index (Phi) is 3.57. The summed E-state index contributed by atoms with van der Waals surface area (Å²) in [5, 5.41) is 3.19. The van der Waals surface area contributed by atoms with Gasteiger partial charge in [-0.2, -0.15) is 0 Å². The van der Waals surface area contributed by atoms with Crippen LogP contribution >= 0.6 is 0 Å². The predicted octanol–water partition coefficient (Wildman–Crippen LogP) is 2.45. The fourth-order valence-electron chi connectivity index (χ4n) is 1.94. The van der Waals surface area contributed by atoms with Crippen molar-refractivity contribution in [3.05, 3.63) is 48.5 Å². The molecular formula is C15H17N3O2S. The summed E-state index contributed by atoms with van der Waals surface area (Å²) in [5.41, 5.74) is 8.06. The Morgan fingerprint density at radius 3 is 1.95 bits per heavy atom. The summed E-state index contributed by atoms with van der Waals surface area (Å²) in [6.45, 7) is 0. The van der Waals surface area contributed by atoms with E-state index in [4.69, 9.17) is 5.73 Å². The molecule has 0 aromatic heterocycles. The van der Waals surface area contributed by atoms with E-state index >= 15 is 0 Å². The number of hydrogen-bond donors (Lipinski definition) is 3. The maximum atomic E-state index is 12.0. The zero-order chi connectivity index (χ0) is 14.9. The minimum atomic E-state index is -3.39. The third-order valence-corrected chi connectivity index (χ3v) is 4.80. The number of nitrogens with two attached hydrogens (primary N) is 1. The summed E-state index contributed by atoms with van der Waals surface area (Å²) in [6, 6.07) is 14.2. The number of rotatable bonds is 5. The van der Waals surface area contributed by atoms with Crippen LogP contribution in [0.5, 0.6) is 0 Å². The van der Waals surface area contributed by atoms with Crippen molar-refractivity contribution in [1.82, 2.24) is 4.72 Å². The number of hydrogen-bond acceptors (Lipinski definition) is 4. The van der Waals surface area contributed by atoms with Crippen molar-refractivity contribution in [2.45, 2.75) is 23.8 Å². The minimum absolute atomic E-state index is 0.113. The van der Waals surface area contributed by atoms with Crippen molar-refractivity contribution in [2.24, 2.45) is 0 Å². The first-order chi connectivity index (χ1) is 10.0. The molecule has 5 nitrogen and oxygen atoms in total. The first-order valence-electron chi connectivity index (χ1n) is 6.78. The van der Waals surface area contributed by atoms with Crippen LogP contribution < -0.4 is 15.8 Å². The van der Waals surface area contributed by atoms with Crippen LogP contribution in [0, 0.1) is 0 Å². The van der Waals surface area contributed by atoms with E-state index in [0.29, 0.717) is 5.69 Å². The molecule has 0 aliphatic heterocycles. The van der Waals surface area contributed by atoms with Gasteiger partial charge in [0.15, 0.2) is 0 Å². The first kappa shape index (κ1) is 13.9. The number of nitrogen functional groups attached to an aromatic ring is 1. The van der Waals surface area contributed by atoms with Gasteiger partial charge in [-0.25, -0.2) is 13.1 Å². The SMILES string of the molecule is Nc1ccc(Nc2ccc(S(=O)(=O)NC3CC3)cc2)cc1. The second-order valence-electron chi connectivity index (χ2n) is 5.17. The summed E-state index contributed by atoms with van der Waals surface area (Å²) in [4.78, 5) is 0.289. The van der Waals surface area contributed by atoms with Gasteiger partial charge in [0.2, 0.25) is 10.0 Å². The molecule has 0 saturated heterocycles. The van der Waals surface area contributed by atoms with E-state index in [-0.39, 0.29) is 10.9 Å². The summed E-state index contributed by atoms with van der Waals surface area (Å²) < 4.78 is 26.7. The van der Waals surface area contributed by atoms with E-state index in [1.807, 2.05) is 12.1 Å². The van der Waals surface area contributed by atoms with Gasteiger partial charge in [0, 0.05) is 23.1 Å². The van der Waals surface area contributed by atoms with Gasteiger partial charge in [-0.05, 0) is 61.4 Å². The lowest BCUT2D eigenvalue weighted by Gasteiger charge is -2.09. The lowest BCUT2D eigenvalue weighted by atomic mass is 10.2. The molecule has 4 N–H and O–H groups in total. The standard InChI is InChI=1S/C15H17N3O2S/c16-11-1-3-12(4-2-11)17-13-7-9-15(10-8-13)21(19,20)18-14-5-6-14/h1-4,7-10,14,17-18H,5-6,16H2. The topological polar surface area (TPSA) is 84.2 Å². The number of nitrogens with one attached hydrogen (secondary N) is 2. The van der Waals surface area contributed by atoms with Crippen LogP contribution in [0.1, 0.15) is 12.8 Å². The van der Waals surface area contributed by atoms with Crippen LogP contribution in [0.3, 0.4) is 0 Å². The van der Waals surface area contributed by atoms with Crippen LogP contribution in [-0.4, -0.2) is 14.5 Å². The zero-order valence-electron chi connectivity index (χ0n) is 11.4. The van der Waals surface area contributed by atoms with Crippen molar-refractivity contribution in [2.75, 3.05) is 11.1 Å². The molecule has 1 saturated carbocycles. The summed E-state index contributed by atoms with van der Waals surface area (Å²) in [6.07, 6.45) is 1.85. The quantitative estimate of drug-likeness (QED) is 0.741. The van der Waals surface area contributed by atoms with Gasteiger partial charge in [0.05, 0.1) is 4.90 Å². The van der Waals surface area contributed by atoms with Gasteiger partial charge in [0.25, 0.3) is 0 Å². The van der Waals surface area contributed by atoms with E-state index in [2.05, 4.69) is 10.0 Å². The molecule has 2 aromatic rings. The highest BCUT2D eigenvalue weighted by atomic mass is 32.2. The Morgan fingerprint density at radius 1 is 0.905 bits per heavy atom. The highest BCUT2D eigenvalue weighted by Gasteiger charge is 2.27. The normalized spacial score (nSPS) is 14.9. The van der Waals surface area contributed by atoms with Gasteiger partial charge < -0.3 is 11.1 Å². The molecule has 0 bridgehead atoms. The van der Waals surface area contributed by atoms with Gasteiger partial charge in [0.1, 0.15) is 0 Å². The average molecular weight is 303 g/mol. The smallest absolute Gasteiger partial charge is 0.240 e. The van der Waals surface area contributed by atoms with Crippen molar-refractivity contribution < 1.29 is 8.42 Å². The van der Waals surface area contributed by atoms with E-state index in [1.165, 1.54) is 0 Å². The predicted molar refractivity (Wildman–Crippen MR) is 83.9 cm³/mol. The molecule has 1 aliphatic carbocycles. The van der Waals surface area contributed by atoms with E-state index in [1.54, 1.807) is 36.4 Å². The maximum Gasteiger partial charge on any atom is 0.240 e. The molecule has 0 atom stereocenters. The molecule has 0 unspecified atom stereocenters. The Morgan fingerprint density at radius 2 is 1.43 bits per heavy atom. The molecule has 1 fully saturated rings. The number of sulfonamides is 1. The van der Waals surface area contributed by atoms with E-state index in [9.17, 15) is 8.42 Å².